The largest absolute Gasteiger partial charge is 0.357 e. The van der Waals surface area contributed by atoms with E-state index in [4.69, 9.17) is 5.73 Å². The van der Waals surface area contributed by atoms with Gasteiger partial charge in [0.1, 0.15) is 5.82 Å². The Balaban J connectivity index is 2.19. The zero-order valence-corrected chi connectivity index (χ0v) is 10.2. The number of hydrogen-bond donors (Lipinski definition) is 1. The van der Waals surface area contributed by atoms with E-state index in [0.717, 1.165) is 30.2 Å². The molecular formula is C13H21N3. The van der Waals surface area contributed by atoms with Gasteiger partial charge in [0, 0.05) is 24.8 Å². The molecule has 1 aliphatic heterocycles. The minimum absolute atomic E-state index is 0.0721. The molecule has 0 aliphatic carbocycles. The molecule has 1 atom stereocenters. The topological polar surface area (TPSA) is 42.2 Å². The highest BCUT2D eigenvalue weighted by atomic mass is 15.2. The summed E-state index contributed by atoms with van der Waals surface area (Å²) in [5, 5.41) is 0. The summed E-state index contributed by atoms with van der Waals surface area (Å²) in [7, 11) is 0. The molecule has 0 bridgehead atoms. The summed E-state index contributed by atoms with van der Waals surface area (Å²) < 4.78 is 0. The van der Waals surface area contributed by atoms with Crippen LogP contribution in [0.5, 0.6) is 0 Å². The van der Waals surface area contributed by atoms with Crippen LogP contribution in [-0.2, 0) is 0 Å². The minimum atomic E-state index is 0.0721. The van der Waals surface area contributed by atoms with Gasteiger partial charge in [-0.05, 0) is 44.7 Å². The first-order valence-electron chi connectivity index (χ1n) is 6.16. The average molecular weight is 219 g/mol. The Kier molecular flexibility index (Phi) is 3.44. The Morgan fingerprint density at radius 2 is 1.94 bits per heavy atom. The van der Waals surface area contributed by atoms with Gasteiger partial charge in [-0.2, -0.15) is 0 Å². The summed E-state index contributed by atoms with van der Waals surface area (Å²) in [6.45, 7) is 6.34. The van der Waals surface area contributed by atoms with Crippen molar-refractivity contribution in [2.45, 2.75) is 39.2 Å². The van der Waals surface area contributed by atoms with E-state index in [9.17, 15) is 0 Å². The summed E-state index contributed by atoms with van der Waals surface area (Å²) in [5.74, 6) is 1.11. The smallest absolute Gasteiger partial charge is 0.128 e. The van der Waals surface area contributed by atoms with Crippen molar-refractivity contribution in [1.29, 1.82) is 0 Å². The van der Waals surface area contributed by atoms with Gasteiger partial charge >= 0.3 is 0 Å². The standard InChI is InChI=1S/C13H21N3/c1-10(14)12-6-7-13(15-11(12)2)16-8-4-3-5-9-16/h6-7,10H,3-5,8-9,14H2,1-2H3/t10-/m0/s1. The summed E-state index contributed by atoms with van der Waals surface area (Å²) in [5.41, 5.74) is 8.11. The van der Waals surface area contributed by atoms with E-state index in [1.807, 2.05) is 13.8 Å². The fourth-order valence-electron chi connectivity index (χ4n) is 2.34. The lowest BCUT2D eigenvalue weighted by molar-refractivity contribution is 0.572. The molecule has 0 aromatic carbocycles. The number of hydrogen-bond acceptors (Lipinski definition) is 3. The number of pyridine rings is 1. The summed E-state index contributed by atoms with van der Waals surface area (Å²) in [6, 6.07) is 4.30. The molecule has 0 unspecified atom stereocenters. The first-order chi connectivity index (χ1) is 7.68. The van der Waals surface area contributed by atoms with Gasteiger partial charge in [0.25, 0.3) is 0 Å². The van der Waals surface area contributed by atoms with Crippen LogP contribution in [0.1, 0.15) is 43.5 Å². The molecular weight excluding hydrogens is 198 g/mol. The molecule has 88 valence electrons. The number of piperidine rings is 1. The molecule has 3 heteroatoms. The lowest BCUT2D eigenvalue weighted by Gasteiger charge is -2.28. The van der Waals surface area contributed by atoms with Crippen molar-refractivity contribution in [2.24, 2.45) is 5.73 Å². The fraction of sp³-hybridized carbons (Fsp3) is 0.615. The van der Waals surface area contributed by atoms with Gasteiger partial charge in [-0.25, -0.2) is 4.98 Å². The van der Waals surface area contributed by atoms with Crippen molar-refractivity contribution < 1.29 is 0 Å². The molecule has 16 heavy (non-hydrogen) atoms. The monoisotopic (exact) mass is 219 g/mol. The normalized spacial score (nSPS) is 18.6. The van der Waals surface area contributed by atoms with Gasteiger partial charge in [-0.1, -0.05) is 6.07 Å². The molecule has 1 aromatic heterocycles. The van der Waals surface area contributed by atoms with Crippen LogP contribution < -0.4 is 10.6 Å². The van der Waals surface area contributed by atoms with Crippen LogP contribution in [0.3, 0.4) is 0 Å². The number of aromatic nitrogens is 1. The molecule has 2 heterocycles. The van der Waals surface area contributed by atoms with Crippen LogP contribution in [0.2, 0.25) is 0 Å². The van der Waals surface area contributed by atoms with Gasteiger partial charge < -0.3 is 10.6 Å². The van der Waals surface area contributed by atoms with Crippen LogP contribution in [-0.4, -0.2) is 18.1 Å². The second-order valence-corrected chi connectivity index (χ2v) is 4.68. The van der Waals surface area contributed by atoms with Gasteiger partial charge in [0.15, 0.2) is 0 Å². The lowest BCUT2D eigenvalue weighted by atomic mass is 10.1. The highest BCUT2D eigenvalue weighted by Gasteiger charge is 2.13. The molecule has 3 nitrogen and oxygen atoms in total. The average Bonchev–Trinajstić information content (AvgIpc) is 2.29. The quantitative estimate of drug-likeness (QED) is 0.830. The van der Waals surface area contributed by atoms with Crippen molar-refractivity contribution in [2.75, 3.05) is 18.0 Å². The van der Waals surface area contributed by atoms with E-state index < -0.39 is 0 Å². The Bertz CT molecular complexity index is 354. The maximum absolute atomic E-state index is 5.89. The van der Waals surface area contributed by atoms with Crippen LogP contribution in [0.25, 0.3) is 0 Å². The first-order valence-corrected chi connectivity index (χ1v) is 6.16. The van der Waals surface area contributed by atoms with Gasteiger partial charge in [-0.15, -0.1) is 0 Å². The highest BCUT2D eigenvalue weighted by molar-refractivity contribution is 5.42. The SMILES string of the molecule is Cc1nc(N2CCCCC2)ccc1[C@H](C)N. The second-order valence-electron chi connectivity index (χ2n) is 4.68. The highest BCUT2D eigenvalue weighted by Crippen LogP contribution is 2.21. The predicted octanol–water partition coefficient (Wildman–Crippen LogP) is 2.40. The third-order valence-electron chi connectivity index (χ3n) is 3.28. The number of rotatable bonds is 2. The van der Waals surface area contributed by atoms with Crippen molar-refractivity contribution in [3.8, 4) is 0 Å². The molecule has 1 fully saturated rings. The van der Waals surface area contributed by atoms with Gasteiger partial charge in [-0.3, -0.25) is 0 Å². The molecule has 0 spiro atoms. The van der Waals surface area contributed by atoms with E-state index in [2.05, 4.69) is 22.0 Å². The number of nitrogens with two attached hydrogens (primary N) is 1. The molecule has 0 saturated carbocycles. The second kappa shape index (κ2) is 4.83. The third-order valence-corrected chi connectivity index (χ3v) is 3.28. The van der Waals surface area contributed by atoms with Gasteiger partial charge in [0.05, 0.1) is 0 Å². The van der Waals surface area contributed by atoms with Crippen molar-refractivity contribution in [1.82, 2.24) is 4.98 Å². The summed E-state index contributed by atoms with van der Waals surface area (Å²) in [6.07, 6.45) is 3.93. The molecule has 1 aliphatic rings. The summed E-state index contributed by atoms with van der Waals surface area (Å²) in [4.78, 5) is 7.04. The molecule has 1 saturated heterocycles. The first kappa shape index (κ1) is 11.4. The molecule has 2 rings (SSSR count). The fourth-order valence-corrected chi connectivity index (χ4v) is 2.34. The molecule has 1 aromatic rings. The van der Waals surface area contributed by atoms with Gasteiger partial charge in [0.2, 0.25) is 0 Å². The number of anilines is 1. The van der Waals surface area contributed by atoms with Crippen LogP contribution >= 0.6 is 0 Å². The Morgan fingerprint density at radius 3 is 2.50 bits per heavy atom. The third kappa shape index (κ3) is 2.35. The lowest BCUT2D eigenvalue weighted by Crippen LogP contribution is -2.30. The van der Waals surface area contributed by atoms with E-state index in [1.54, 1.807) is 0 Å². The maximum atomic E-state index is 5.89. The van der Waals surface area contributed by atoms with E-state index in [-0.39, 0.29) is 6.04 Å². The predicted molar refractivity (Wildman–Crippen MR) is 67.6 cm³/mol. The van der Waals surface area contributed by atoms with Crippen molar-refractivity contribution in [3.63, 3.8) is 0 Å². The molecule has 0 radical (unpaired) electrons. The van der Waals surface area contributed by atoms with Crippen LogP contribution in [0.4, 0.5) is 5.82 Å². The van der Waals surface area contributed by atoms with E-state index in [0.29, 0.717) is 0 Å². The van der Waals surface area contributed by atoms with Crippen molar-refractivity contribution >= 4 is 5.82 Å². The van der Waals surface area contributed by atoms with E-state index >= 15 is 0 Å². The maximum Gasteiger partial charge on any atom is 0.128 e. The Labute approximate surface area is 97.7 Å². The summed E-state index contributed by atoms with van der Waals surface area (Å²) >= 11 is 0. The molecule has 2 N–H and O–H groups in total. The Hall–Kier alpha value is -1.09. The van der Waals surface area contributed by atoms with Crippen molar-refractivity contribution in [3.05, 3.63) is 23.4 Å². The van der Waals surface area contributed by atoms with Crippen LogP contribution in [0.15, 0.2) is 12.1 Å². The molecule has 0 amide bonds. The Morgan fingerprint density at radius 1 is 1.25 bits per heavy atom. The minimum Gasteiger partial charge on any atom is -0.357 e. The van der Waals surface area contributed by atoms with E-state index in [1.165, 1.54) is 19.3 Å². The van der Waals surface area contributed by atoms with Crippen LogP contribution in [0, 0.1) is 6.92 Å². The number of nitrogens with zero attached hydrogens (tertiary/aromatic N) is 2. The number of aryl methyl sites for hydroxylation is 1. The zero-order chi connectivity index (χ0) is 11.5. The zero-order valence-electron chi connectivity index (χ0n) is 10.2.